The Morgan fingerprint density at radius 1 is 0.472 bits per heavy atom. The lowest BCUT2D eigenvalue weighted by atomic mass is 10.0. The van der Waals surface area contributed by atoms with Crippen molar-refractivity contribution in [2.24, 2.45) is 0 Å². The predicted octanol–water partition coefficient (Wildman–Crippen LogP) is 14.0. The van der Waals surface area contributed by atoms with E-state index in [-0.39, 0.29) is 18.9 Å². The van der Waals surface area contributed by atoms with Gasteiger partial charge in [0.1, 0.15) is 0 Å². The van der Waals surface area contributed by atoms with E-state index in [1.807, 2.05) is 6.08 Å². The molecule has 0 bridgehead atoms. The molecule has 0 aromatic rings. The summed E-state index contributed by atoms with van der Waals surface area (Å²) in [6.45, 7) is 4.24. The number of hydrogen-bond donors (Lipinski definition) is 4. The van der Waals surface area contributed by atoms with Crippen LogP contribution in [-0.2, 0) is 4.79 Å². The highest BCUT2D eigenvalue weighted by Gasteiger charge is 2.20. The SMILES string of the molecule is CCCCCCCCCCCCCCCCC/C=C/C(O)C(CO)NC(=O)CC(O)CCCCCCCCCCCCCCCCCCCCCCC. The molecule has 0 aromatic carbocycles. The van der Waals surface area contributed by atoms with Crippen LogP contribution >= 0.6 is 0 Å². The van der Waals surface area contributed by atoms with Gasteiger partial charge in [0.15, 0.2) is 0 Å². The van der Waals surface area contributed by atoms with Crippen molar-refractivity contribution in [3.8, 4) is 0 Å². The smallest absolute Gasteiger partial charge is 0.222 e. The summed E-state index contributed by atoms with van der Waals surface area (Å²) in [6, 6.07) is -0.739. The van der Waals surface area contributed by atoms with E-state index in [1.54, 1.807) is 6.08 Å². The Bertz CT molecular complexity index is 743. The van der Waals surface area contributed by atoms with Crippen molar-refractivity contribution in [1.29, 1.82) is 0 Å². The molecular formula is C48H95NO4. The summed E-state index contributed by atoms with van der Waals surface area (Å²) in [5.41, 5.74) is 0. The molecule has 0 heterocycles. The zero-order chi connectivity index (χ0) is 38.7. The monoisotopic (exact) mass is 750 g/mol. The Kier molecular flexibility index (Phi) is 43.1. The number of aliphatic hydroxyl groups excluding tert-OH is 3. The second-order valence-corrected chi connectivity index (χ2v) is 16.7. The quantitative estimate of drug-likeness (QED) is 0.0369. The predicted molar refractivity (Wildman–Crippen MR) is 232 cm³/mol. The molecule has 3 unspecified atom stereocenters. The minimum atomic E-state index is -0.924. The lowest BCUT2D eigenvalue weighted by molar-refractivity contribution is -0.124. The molecular weight excluding hydrogens is 655 g/mol. The topological polar surface area (TPSA) is 89.8 Å². The molecule has 53 heavy (non-hydrogen) atoms. The first-order chi connectivity index (χ1) is 26.0. The first-order valence-corrected chi connectivity index (χ1v) is 24.0. The van der Waals surface area contributed by atoms with E-state index in [0.717, 1.165) is 25.7 Å². The maximum Gasteiger partial charge on any atom is 0.222 e. The van der Waals surface area contributed by atoms with Gasteiger partial charge >= 0.3 is 0 Å². The number of carbonyl (C=O) groups excluding carboxylic acids is 1. The molecule has 3 atom stereocenters. The first kappa shape index (κ1) is 52.1. The van der Waals surface area contributed by atoms with Gasteiger partial charge in [0.2, 0.25) is 5.91 Å². The lowest BCUT2D eigenvalue weighted by Gasteiger charge is -2.21. The van der Waals surface area contributed by atoms with E-state index >= 15 is 0 Å². The van der Waals surface area contributed by atoms with Crippen molar-refractivity contribution in [1.82, 2.24) is 5.32 Å². The van der Waals surface area contributed by atoms with Crippen LogP contribution in [0.3, 0.4) is 0 Å². The fourth-order valence-electron chi connectivity index (χ4n) is 7.64. The van der Waals surface area contributed by atoms with Gasteiger partial charge in [-0.25, -0.2) is 0 Å². The van der Waals surface area contributed by atoms with Gasteiger partial charge in [-0.1, -0.05) is 251 Å². The highest BCUT2D eigenvalue weighted by molar-refractivity contribution is 5.76. The molecule has 5 heteroatoms. The highest BCUT2D eigenvalue weighted by atomic mass is 16.3. The van der Waals surface area contributed by atoms with Crippen LogP contribution in [0.15, 0.2) is 12.2 Å². The fourth-order valence-corrected chi connectivity index (χ4v) is 7.64. The third-order valence-electron chi connectivity index (χ3n) is 11.3. The molecule has 0 radical (unpaired) electrons. The van der Waals surface area contributed by atoms with Gasteiger partial charge < -0.3 is 20.6 Å². The third kappa shape index (κ3) is 40.6. The summed E-state index contributed by atoms with van der Waals surface area (Å²) >= 11 is 0. The number of aliphatic hydroxyl groups is 3. The Hall–Kier alpha value is -0.910. The Labute approximate surface area is 331 Å². The molecule has 316 valence electrons. The summed E-state index contributed by atoms with van der Waals surface area (Å²) in [7, 11) is 0. The molecule has 0 aliphatic rings. The van der Waals surface area contributed by atoms with Crippen LogP contribution in [0.1, 0.15) is 264 Å². The van der Waals surface area contributed by atoms with Crippen LogP contribution < -0.4 is 5.32 Å². The van der Waals surface area contributed by atoms with Crippen molar-refractivity contribution in [2.75, 3.05) is 6.61 Å². The number of unbranched alkanes of at least 4 members (excludes halogenated alkanes) is 35. The number of amides is 1. The number of nitrogens with one attached hydrogen (secondary N) is 1. The highest BCUT2D eigenvalue weighted by Crippen LogP contribution is 2.17. The summed E-state index contributed by atoms with van der Waals surface area (Å²) < 4.78 is 0. The zero-order valence-corrected chi connectivity index (χ0v) is 35.9. The molecule has 0 rings (SSSR count). The summed E-state index contributed by atoms with van der Waals surface area (Å²) in [5, 5.41) is 33.3. The minimum Gasteiger partial charge on any atom is -0.394 e. The molecule has 0 aromatic heterocycles. The number of carbonyl (C=O) groups is 1. The summed E-state index contributed by atoms with van der Waals surface area (Å²) in [5.74, 6) is -0.310. The van der Waals surface area contributed by atoms with Crippen LogP contribution in [0.25, 0.3) is 0 Å². The van der Waals surface area contributed by atoms with Gasteiger partial charge in [-0.3, -0.25) is 4.79 Å². The second kappa shape index (κ2) is 43.8. The number of hydrogen-bond acceptors (Lipinski definition) is 4. The third-order valence-corrected chi connectivity index (χ3v) is 11.3. The average molecular weight is 750 g/mol. The fraction of sp³-hybridized carbons (Fsp3) is 0.938. The Morgan fingerprint density at radius 2 is 0.774 bits per heavy atom. The van der Waals surface area contributed by atoms with Crippen LogP contribution in [0.5, 0.6) is 0 Å². The van der Waals surface area contributed by atoms with Crippen molar-refractivity contribution >= 4 is 5.91 Å². The van der Waals surface area contributed by atoms with E-state index in [9.17, 15) is 20.1 Å². The first-order valence-electron chi connectivity index (χ1n) is 24.0. The van der Waals surface area contributed by atoms with Gasteiger partial charge in [0.05, 0.1) is 31.3 Å². The van der Waals surface area contributed by atoms with Crippen LogP contribution in [0.2, 0.25) is 0 Å². The van der Waals surface area contributed by atoms with Gasteiger partial charge in [-0.05, 0) is 19.3 Å². The van der Waals surface area contributed by atoms with E-state index in [4.69, 9.17) is 0 Å². The molecule has 0 spiro atoms. The molecule has 4 N–H and O–H groups in total. The molecule has 0 saturated carbocycles. The van der Waals surface area contributed by atoms with Crippen LogP contribution in [0.4, 0.5) is 0 Å². The van der Waals surface area contributed by atoms with Crippen LogP contribution in [-0.4, -0.2) is 46.1 Å². The summed E-state index contributed by atoms with van der Waals surface area (Å²) in [6.07, 6.45) is 52.2. The van der Waals surface area contributed by atoms with E-state index in [2.05, 4.69) is 19.2 Å². The standard InChI is InChI=1S/C48H95NO4/c1-3-5-7-9-11-13-15-17-19-21-22-23-24-26-27-29-31-33-35-37-39-41-45(51)43-48(53)49-46(44-50)47(52)42-40-38-36-34-32-30-28-25-20-18-16-14-12-10-8-6-4-2/h40,42,45-47,50-52H,3-39,41,43-44H2,1-2H3,(H,49,53)/b42-40+. The largest absolute Gasteiger partial charge is 0.394 e. The molecule has 0 saturated heterocycles. The second-order valence-electron chi connectivity index (χ2n) is 16.7. The van der Waals surface area contributed by atoms with E-state index < -0.39 is 18.2 Å². The van der Waals surface area contributed by atoms with Crippen LogP contribution in [0, 0.1) is 0 Å². The van der Waals surface area contributed by atoms with Crippen molar-refractivity contribution in [3.05, 3.63) is 12.2 Å². The molecule has 1 amide bonds. The van der Waals surface area contributed by atoms with Gasteiger partial charge in [-0.15, -0.1) is 0 Å². The maximum absolute atomic E-state index is 12.5. The normalized spacial score (nSPS) is 13.5. The van der Waals surface area contributed by atoms with Gasteiger partial charge in [0.25, 0.3) is 0 Å². The van der Waals surface area contributed by atoms with Crippen molar-refractivity contribution < 1.29 is 20.1 Å². The average Bonchev–Trinajstić information content (AvgIpc) is 3.15. The minimum absolute atomic E-state index is 0.0191. The Balaban J connectivity index is 3.59. The van der Waals surface area contributed by atoms with Gasteiger partial charge in [0, 0.05) is 0 Å². The molecule has 0 aliphatic heterocycles. The van der Waals surface area contributed by atoms with E-state index in [1.165, 1.54) is 212 Å². The Morgan fingerprint density at radius 3 is 1.09 bits per heavy atom. The lowest BCUT2D eigenvalue weighted by Crippen LogP contribution is -2.45. The zero-order valence-electron chi connectivity index (χ0n) is 35.9. The van der Waals surface area contributed by atoms with Gasteiger partial charge in [-0.2, -0.15) is 0 Å². The van der Waals surface area contributed by atoms with Crippen molar-refractivity contribution in [3.63, 3.8) is 0 Å². The molecule has 0 aliphatic carbocycles. The molecule has 0 fully saturated rings. The summed E-state index contributed by atoms with van der Waals surface area (Å²) in [4.78, 5) is 12.5. The number of rotatable bonds is 44. The van der Waals surface area contributed by atoms with E-state index in [0.29, 0.717) is 6.42 Å². The van der Waals surface area contributed by atoms with Crippen molar-refractivity contribution in [2.45, 2.75) is 283 Å². The molecule has 5 nitrogen and oxygen atoms in total. The number of allylic oxidation sites excluding steroid dienone is 1. The maximum atomic E-state index is 12.5.